The van der Waals surface area contributed by atoms with Crippen molar-refractivity contribution in [3.05, 3.63) is 243 Å². The molecule has 11 aromatic carbocycles. The Morgan fingerprint density at radius 2 is 0.732 bits per heavy atom. The van der Waals surface area contributed by atoms with Gasteiger partial charge in [-0.3, -0.25) is 4.57 Å². The summed E-state index contributed by atoms with van der Waals surface area (Å²) in [6, 6.07) is 86.9. The molecule has 0 atom stereocenters. The second-order valence-electron chi connectivity index (χ2n) is 18.3. The predicted molar refractivity (Wildman–Crippen MR) is 294 cm³/mol. The maximum Gasteiger partial charge on any atom is 0.238 e. The Balaban J connectivity index is 1.14. The van der Waals surface area contributed by atoms with E-state index in [4.69, 9.17) is 15.0 Å². The van der Waals surface area contributed by atoms with Crippen molar-refractivity contribution in [1.82, 2.24) is 28.7 Å². The summed E-state index contributed by atoms with van der Waals surface area (Å²) in [7, 11) is 0. The molecule has 0 unspecified atom stereocenters. The molecule has 15 rings (SSSR count). The first kappa shape index (κ1) is 39.4. The van der Waals surface area contributed by atoms with E-state index in [1.54, 1.807) is 0 Å². The summed E-state index contributed by atoms with van der Waals surface area (Å²) in [5, 5.41) is 11.6. The molecule has 0 radical (unpaired) electrons. The Morgan fingerprint density at radius 1 is 0.254 bits per heavy atom. The zero-order valence-electron chi connectivity index (χ0n) is 38.3. The van der Waals surface area contributed by atoms with E-state index in [-0.39, 0.29) is 0 Å². The van der Waals surface area contributed by atoms with Crippen LogP contribution in [0.15, 0.2) is 243 Å². The highest BCUT2D eigenvalue weighted by molar-refractivity contribution is 6.26. The second kappa shape index (κ2) is 15.4. The minimum absolute atomic E-state index is 0.532. The van der Waals surface area contributed by atoms with Gasteiger partial charge in [-0.05, 0) is 52.2 Å². The molecule has 0 N–H and O–H groups in total. The summed E-state index contributed by atoms with van der Waals surface area (Å²) in [6.07, 6.45) is 0. The first-order valence-electron chi connectivity index (χ1n) is 24.1. The van der Waals surface area contributed by atoms with Crippen LogP contribution < -0.4 is 0 Å². The zero-order valence-corrected chi connectivity index (χ0v) is 38.3. The molecular formula is C65H40N6. The second-order valence-corrected chi connectivity index (χ2v) is 18.3. The maximum absolute atomic E-state index is 5.59. The van der Waals surface area contributed by atoms with Gasteiger partial charge in [-0.2, -0.15) is 9.97 Å². The van der Waals surface area contributed by atoms with Gasteiger partial charge in [-0.1, -0.05) is 212 Å². The van der Waals surface area contributed by atoms with Crippen LogP contribution in [0.25, 0.3) is 138 Å². The first-order chi connectivity index (χ1) is 35.2. The van der Waals surface area contributed by atoms with Gasteiger partial charge in [-0.15, -0.1) is 0 Å². The van der Waals surface area contributed by atoms with Gasteiger partial charge in [0.05, 0.1) is 44.5 Å². The largest absolute Gasteiger partial charge is 0.308 e. The molecule has 71 heavy (non-hydrogen) atoms. The van der Waals surface area contributed by atoms with Gasteiger partial charge in [0.15, 0.2) is 11.6 Å². The number of fused-ring (bicyclic) bond motifs is 13. The Labute approximate surface area is 407 Å². The molecule has 0 saturated carbocycles. The van der Waals surface area contributed by atoms with E-state index in [0.29, 0.717) is 17.6 Å². The standard InChI is InChI=1S/C65H40N6/c1-3-18-41(19-4-1)42-34-36-45(37-35-42)64-66-63(44-21-5-2-6-22-44)67-65(68-64)71-61-53(29-17-33-57(61)69-54-30-14-11-26-49(54)50-27-12-15-31-55(50)69)59-58(40-46-23-8-10-25-48(46)62(59)71)70-56-32-16-13-28-51(56)52-39-38-43-20-7-9-24-47(43)60(52)70/h1-40H. The van der Waals surface area contributed by atoms with Crippen molar-refractivity contribution in [2.24, 2.45) is 0 Å². The highest BCUT2D eigenvalue weighted by atomic mass is 15.2. The van der Waals surface area contributed by atoms with Gasteiger partial charge in [-0.25, -0.2) is 4.98 Å². The van der Waals surface area contributed by atoms with E-state index in [1.807, 2.05) is 24.3 Å². The molecule has 330 valence electrons. The van der Waals surface area contributed by atoms with Crippen molar-refractivity contribution in [1.29, 1.82) is 0 Å². The zero-order chi connectivity index (χ0) is 46.6. The monoisotopic (exact) mass is 904 g/mol. The van der Waals surface area contributed by atoms with Crippen molar-refractivity contribution < 1.29 is 0 Å². The molecule has 6 nitrogen and oxygen atoms in total. The minimum atomic E-state index is 0.532. The number of para-hydroxylation sites is 4. The van der Waals surface area contributed by atoms with E-state index in [2.05, 4.69) is 232 Å². The Hall–Kier alpha value is -9.65. The molecule has 0 bridgehead atoms. The quantitative estimate of drug-likeness (QED) is 0.167. The van der Waals surface area contributed by atoms with Crippen LogP contribution in [0.4, 0.5) is 0 Å². The lowest BCUT2D eigenvalue weighted by Gasteiger charge is -2.16. The summed E-state index contributed by atoms with van der Waals surface area (Å²) in [5.74, 6) is 1.72. The van der Waals surface area contributed by atoms with Crippen LogP contribution in [0.1, 0.15) is 0 Å². The van der Waals surface area contributed by atoms with Crippen LogP contribution in [0, 0.1) is 0 Å². The average molecular weight is 905 g/mol. The van der Waals surface area contributed by atoms with Gasteiger partial charge in [0.1, 0.15) is 0 Å². The van der Waals surface area contributed by atoms with Crippen LogP contribution in [0.2, 0.25) is 0 Å². The Kier molecular flexibility index (Phi) is 8.56. The number of hydrogen-bond acceptors (Lipinski definition) is 3. The lowest BCUT2D eigenvalue weighted by atomic mass is 10.0. The summed E-state index contributed by atoms with van der Waals surface area (Å²) in [5.41, 5.74) is 12.8. The highest BCUT2D eigenvalue weighted by Gasteiger charge is 2.27. The van der Waals surface area contributed by atoms with Crippen LogP contribution in [-0.2, 0) is 0 Å². The molecule has 0 amide bonds. The van der Waals surface area contributed by atoms with Gasteiger partial charge in [0.2, 0.25) is 5.95 Å². The fourth-order valence-corrected chi connectivity index (χ4v) is 11.4. The van der Waals surface area contributed by atoms with Crippen molar-refractivity contribution >= 4 is 87.0 Å². The lowest BCUT2D eigenvalue weighted by molar-refractivity contribution is 0.951. The van der Waals surface area contributed by atoms with Gasteiger partial charge in [0, 0.05) is 54.2 Å². The summed E-state index contributed by atoms with van der Waals surface area (Å²) in [6.45, 7) is 0. The Bertz CT molecular complexity index is 4570. The van der Waals surface area contributed by atoms with Gasteiger partial charge >= 0.3 is 0 Å². The third kappa shape index (κ3) is 5.92. The van der Waals surface area contributed by atoms with E-state index >= 15 is 0 Å². The summed E-state index contributed by atoms with van der Waals surface area (Å²) < 4.78 is 7.29. The number of hydrogen-bond donors (Lipinski definition) is 0. The molecule has 0 saturated heterocycles. The van der Waals surface area contributed by atoms with Gasteiger partial charge in [0.25, 0.3) is 0 Å². The van der Waals surface area contributed by atoms with E-state index < -0.39 is 0 Å². The molecular weight excluding hydrogens is 865 g/mol. The first-order valence-corrected chi connectivity index (χ1v) is 24.1. The topological polar surface area (TPSA) is 53.5 Å². The molecule has 15 aromatic rings. The molecule has 6 heteroatoms. The summed E-state index contributed by atoms with van der Waals surface area (Å²) >= 11 is 0. The van der Waals surface area contributed by atoms with E-state index in [9.17, 15) is 0 Å². The summed E-state index contributed by atoms with van der Waals surface area (Å²) in [4.78, 5) is 16.4. The fraction of sp³-hybridized carbons (Fsp3) is 0. The normalized spacial score (nSPS) is 11.9. The van der Waals surface area contributed by atoms with Crippen molar-refractivity contribution in [2.45, 2.75) is 0 Å². The van der Waals surface area contributed by atoms with Crippen molar-refractivity contribution in [3.63, 3.8) is 0 Å². The third-order valence-corrected chi connectivity index (χ3v) is 14.5. The van der Waals surface area contributed by atoms with E-state index in [1.165, 1.54) is 37.8 Å². The molecule has 4 aromatic heterocycles. The predicted octanol–water partition coefficient (Wildman–Crippen LogP) is 16.5. The van der Waals surface area contributed by atoms with Crippen LogP contribution in [0.5, 0.6) is 0 Å². The number of aromatic nitrogens is 6. The maximum atomic E-state index is 5.59. The Morgan fingerprint density at radius 3 is 1.39 bits per heavy atom. The molecule has 0 aliphatic rings. The molecule has 0 fully saturated rings. The van der Waals surface area contributed by atoms with Crippen LogP contribution >= 0.6 is 0 Å². The lowest BCUT2D eigenvalue weighted by Crippen LogP contribution is -2.08. The SMILES string of the molecule is c1ccc(-c2ccc(-c3nc(-c4ccccc4)nc(-n4c5c(-n6c7ccccc7c7ccccc76)cccc5c5c(-n6c7ccccc7c7ccc8ccccc8c76)cc6ccccc6c54)n3)cc2)cc1. The van der Waals surface area contributed by atoms with Gasteiger partial charge < -0.3 is 9.13 Å². The van der Waals surface area contributed by atoms with E-state index in [0.717, 1.165) is 82.8 Å². The fourth-order valence-electron chi connectivity index (χ4n) is 11.4. The highest BCUT2D eigenvalue weighted by Crippen LogP contribution is 2.46. The smallest absolute Gasteiger partial charge is 0.238 e. The number of nitrogens with zero attached hydrogens (tertiary/aromatic N) is 6. The third-order valence-electron chi connectivity index (χ3n) is 14.5. The van der Waals surface area contributed by atoms with Crippen LogP contribution in [0.3, 0.4) is 0 Å². The van der Waals surface area contributed by atoms with Crippen molar-refractivity contribution in [2.75, 3.05) is 0 Å². The number of rotatable bonds is 6. The van der Waals surface area contributed by atoms with Crippen molar-refractivity contribution in [3.8, 4) is 51.2 Å². The minimum Gasteiger partial charge on any atom is -0.308 e. The number of benzene rings is 11. The van der Waals surface area contributed by atoms with Crippen LogP contribution in [-0.4, -0.2) is 28.7 Å². The average Bonchev–Trinajstić information content (AvgIpc) is 4.10. The molecule has 0 aliphatic heterocycles. The molecule has 0 aliphatic carbocycles. The molecule has 0 spiro atoms. The molecule has 4 heterocycles.